The fourth-order valence-electron chi connectivity index (χ4n) is 15.7. The van der Waals surface area contributed by atoms with Crippen LogP contribution >= 0.6 is 11.6 Å². The number of likely N-dealkylation sites (tertiary alicyclic amines) is 1. The van der Waals surface area contributed by atoms with E-state index in [2.05, 4.69) is 16.0 Å². The van der Waals surface area contributed by atoms with Crippen LogP contribution in [0, 0.1) is 23.7 Å². The lowest BCUT2D eigenvalue weighted by molar-refractivity contribution is -0.157. The molecule has 0 bridgehead atoms. The first-order chi connectivity index (χ1) is 47.2. The summed E-state index contributed by atoms with van der Waals surface area (Å²) in [6.45, 7) is 6.47. The minimum absolute atomic E-state index is 0.0303. The molecule has 3 saturated carbocycles. The van der Waals surface area contributed by atoms with E-state index in [4.69, 9.17) is 11.6 Å². The largest absolute Gasteiger partial charge is 0.417 e. The Labute approximate surface area is 593 Å². The number of halogens is 4. The molecule has 3 saturated heterocycles. The number of likely N-dealkylation sites (N-methyl/N-ethyl adjacent to an activating group) is 7. The molecule has 3 heterocycles. The third-order valence-electron chi connectivity index (χ3n) is 22.1. The normalized spacial score (nSPS) is 26.8. The molecule has 3 N–H and O–H groups in total. The van der Waals surface area contributed by atoms with Crippen LogP contribution in [0.4, 0.5) is 13.2 Å². The van der Waals surface area contributed by atoms with Crippen molar-refractivity contribution in [3.8, 4) is 0 Å². The standard InChI is InChI=1S/C72H110ClF3N12O12/c1-12-46(4)61-68(98)82(7)43-59(91)80(5)44-60(92)84(9)55(40-47-24-17-18-25-47)66(96)81(6)42-57(89)77-52(32-30-48-29-31-50(51(73)39-48)72(74,75)76)65(95)88-37-23-28-53(88)64(94)79-71(33-19-20-34-71)70(100)86(11)62(49-26-15-13-16-27-49)69(99)85(10)56(67(97)87-35-21-14-22-36-87)41-58(90)83(8)54(38-45(2)3)63(93)78-61/h29,31,39,45-47,49,52-56,61-62H,12-28,30,32-38,40-44H2,1-11H3,(H,77,89)(H,78,93)(H,79,94)/t46-,52-,53?,54-,55-,56-,61-,62-/m0/s1. The monoisotopic (exact) mass is 1430 g/mol. The topological polar surface area (TPSA) is 270 Å². The minimum Gasteiger partial charge on any atom is -0.343 e. The first-order valence-electron chi connectivity index (χ1n) is 36.4. The van der Waals surface area contributed by atoms with Gasteiger partial charge in [0.2, 0.25) is 70.9 Å². The zero-order valence-electron chi connectivity index (χ0n) is 60.7. The van der Waals surface area contributed by atoms with E-state index in [-0.39, 0.29) is 63.3 Å². The van der Waals surface area contributed by atoms with Gasteiger partial charge in [-0.15, -0.1) is 0 Å². The molecule has 8 atom stereocenters. The highest BCUT2D eigenvalue weighted by atomic mass is 35.5. The zero-order chi connectivity index (χ0) is 73.7. The van der Waals surface area contributed by atoms with Crippen molar-refractivity contribution in [2.45, 2.75) is 236 Å². The average molecular weight is 1430 g/mol. The Kier molecular flexibility index (Phi) is 28.7. The molecule has 3 aliphatic carbocycles. The minimum atomic E-state index is -4.76. The number of nitrogens with zero attached hydrogens (tertiary/aromatic N) is 9. The Hall–Kier alpha value is -7.06. The molecule has 0 aromatic heterocycles. The molecule has 558 valence electrons. The summed E-state index contributed by atoms with van der Waals surface area (Å²) in [6.07, 6.45) is 6.14. The summed E-state index contributed by atoms with van der Waals surface area (Å²) in [7, 11) is 10.0. The third-order valence-corrected chi connectivity index (χ3v) is 22.4. The van der Waals surface area contributed by atoms with Crippen LogP contribution in [-0.4, -0.2) is 251 Å². The van der Waals surface area contributed by atoms with Gasteiger partial charge >= 0.3 is 6.18 Å². The van der Waals surface area contributed by atoms with Crippen LogP contribution in [-0.2, 0) is 70.1 Å². The van der Waals surface area contributed by atoms with Gasteiger partial charge in [0.15, 0.2) is 0 Å². The van der Waals surface area contributed by atoms with Crippen LogP contribution in [0.2, 0.25) is 5.02 Å². The molecule has 1 spiro atoms. The number of alkyl halides is 3. The SMILES string of the molecule is CC[C@H](C)[C@@H]1NC(=O)[C@H](CC(C)C)N(C)C(=O)C[C@@H](C(=O)N2CCCCC2)N(C)C(=O)[C@H](C2CCCCC2)N(C)C(=O)C2(CCCC2)NC(=O)C2CCCN2C(=O)[C@H](CCc2ccc(C(F)(F)F)c(Cl)c2)NC(=O)CN(C)C(=O)[C@H](CC2CCCC2)N(C)C(=O)CN(C)C(=O)CN(C)C1=O. The molecular weight excluding hydrogens is 1320 g/mol. The number of hydrogen-bond acceptors (Lipinski definition) is 12. The van der Waals surface area contributed by atoms with Gasteiger partial charge in [0.05, 0.1) is 36.6 Å². The van der Waals surface area contributed by atoms with Gasteiger partial charge in [-0.05, 0) is 125 Å². The molecule has 1 unspecified atom stereocenters. The fraction of sp³-hybridized carbons (Fsp3) is 0.750. The van der Waals surface area contributed by atoms with Crippen LogP contribution < -0.4 is 16.0 Å². The van der Waals surface area contributed by atoms with E-state index < -0.39 is 173 Å². The number of nitrogens with one attached hydrogen (secondary N) is 3. The number of hydrogen-bond donors (Lipinski definition) is 3. The first kappa shape index (κ1) is 80.3. The zero-order valence-corrected chi connectivity index (χ0v) is 61.5. The number of amides is 12. The van der Waals surface area contributed by atoms with Gasteiger partial charge in [-0.1, -0.05) is 110 Å². The molecule has 100 heavy (non-hydrogen) atoms. The number of benzene rings is 1. The Morgan fingerprint density at radius 2 is 1.22 bits per heavy atom. The van der Waals surface area contributed by atoms with E-state index in [1.165, 1.54) is 79.9 Å². The molecule has 7 rings (SSSR count). The van der Waals surface area contributed by atoms with E-state index in [1.807, 2.05) is 20.8 Å². The van der Waals surface area contributed by atoms with E-state index in [0.717, 1.165) is 78.2 Å². The van der Waals surface area contributed by atoms with Crippen molar-refractivity contribution in [1.82, 2.24) is 60.0 Å². The van der Waals surface area contributed by atoms with Crippen LogP contribution in [0.5, 0.6) is 0 Å². The third kappa shape index (κ3) is 20.0. The second-order valence-corrected chi connectivity index (χ2v) is 30.2. The van der Waals surface area contributed by atoms with E-state index >= 15 is 28.8 Å². The van der Waals surface area contributed by atoms with E-state index in [9.17, 15) is 41.9 Å². The van der Waals surface area contributed by atoms with Crippen molar-refractivity contribution in [2.24, 2.45) is 23.7 Å². The first-order valence-corrected chi connectivity index (χ1v) is 36.7. The van der Waals surface area contributed by atoms with Crippen molar-refractivity contribution in [1.29, 1.82) is 0 Å². The Morgan fingerprint density at radius 3 is 1.83 bits per heavy atom. The van der Waals surface area contributed by atoms with Crippen LogP contribution in [0.3, 0.4) is 0 Å². The predicted molar refractivity (Wildman–Crippen MR) is 369 cm³/mol. The number of fused-ring (bicyclic) bond motifs is 1. The van der Waals surface area contributed by atoms with Crippen molar-refractivity contribution >= 4 is 82.5 Å². The number of carbonyl (C=O) groups is 12. The van der Waals surface area contributed by atoms with Gasteiger partial charge in [-0.2, -0.15) is 13.2 Å². The summed E-state index contributed by atoms with van der Waals surface area (Å²) < 4.78 is 41.6. The fourth-order valence-corrected chi connectivity index (χ4v) is 16.0. The summed E-state index contributed by atoms with van der Waals surface area (Å²) in [5, 5.41) is 8.18. The molecule has 1 aromatic rings. The predicted octanol–water partition coefficient (Wildman–Crippen LogP) is 6.03. The smallest absolute Gasteiger partial charge is 0.343 e. The lowest BCUT2D eigenvalue weighted by Crippen LogP contribution is -2.65. The van der Waals surface area contributed by atoms with Crippen LogP contribution in [0.1, 0.15) is 187 Å². The number of piperidine rings is 1. The van der Waals surface area contributed by atoms with Gasteiger partial charge < -0.3 is 60.0 Å². The maximum atomic E-state index is 15.8. The van der Waals surface area contributed by atoms with Gasteiger partial charge in [0.1, 0.15) is 47.8 Å². The van der Waals surface area contributed by atoms with Crippen molar-refractivity contribution in [3.63, 3.8) is 0 Å². The lowest BCUT2D eigenvalue weighted by atomic mass is 9.81. The quantitative estimate of drug-likeness (QED) is 0.229. The number of carbonyl (C=O) groups excluding carboxylic acids is 12. The van der Waals surface area contributed by atoms with Gasteiger partial charge in [0.25, 0.3) is 0 Å². The molecule has 28 heteroatoms. The average Bonchev–Trinajstić information content (AvgIpc) is 1.38. The highest BCUT2D eigenvalue weighted by molar-refractivity contribution is 6.31. The molecule has 12 amide bonds. The Balaban J connectivity index is 1.29. The molecule has 0 radical (unpaired) electrons. The van der Waals surface area contributed by atoms with E-state index in [0.29, 0.717) is 70.0 Å². The van der Waals surface area contributed by atoms with Gasteiger partial charge in [-0.25, -0.2) is 0 Å². The lowest BCUT2D eigenvalue weighted by Gasteiger charge is -2.43. The second kappa shape index (κ2) is 35.7. The molecule has 1 aromatic carbocycles. The van der Waals surface area contributed by atoms with Crippen LogP contribution in [0.25, 0.3) is 0 Å². The summed E-state index contributed by atoms with van der Waals surface area (Å²) in [6, 6.07) is -5.51. The summed E-state index contributed by atoms with van der Waals surface area (Å²) in [4.78, 5) is 191. The Morgan fingerprint density at radius 1 is 0.620 bits per heavy atom. The van der Waals surface area contributed by atoms with E-state index in [1.54, 1.807) is 11.8 Å². The maximum Gasteiger partial charge on any atom is 0.417 e. The number of rotatable bonds is 11. The summed E-state index contributed by atoms with van der Waals surface area (Å²) in [5.74, 6) is -8.68. The van der Waals surface area contributed by atoms with Crippen molar-refractivity contribution in [2.75, 3.05) is 88.6 Å². The number of aryl methyl sites for hydroxylation is 1. The molecular formula is C72H110ClF3N12O12. The highest BCUT2D eigenvalue weighted by Gasteiger charge is 2.51. The van der Waals surface area contributed by atoms with Crippen LogP contribution in [0.15, 0.2) is 18.2 Å². The van der Waals surface area contributed by atoms with Gasteiger partial charge in [0, 0.05) is 69.0 Å². The second-order valence-electron chi connectivity index (χ2n) is 29.8. The summed E-state index contributed by atoms with van der Waals surface area (Å²) >= 11 is 6.16. The van der Waals surface area contributed by atoms with Crippen molar-refractivity contribution in [3.05, 3.63) is 34.3 Å². The van der Waals surface area contributed by atoms with Gasteiger partial charge in [-0.3, -0.25) is 57.5 Å². The summed E-state index contributed by atoms with van der Waals surface area (Å²) in [5.41, 5.74) is -2.33. The Bertz CT molecular complexity index is 3120. The molecule has 6 aliphatic rings. The molecule has 6 fully saturated rings. The molecule has 3 aliphatic heterocycles. The van der Waals surface area contributed by atoms with Crippen molar-refractivity contribution < 1.29 is 70.7 Å². The highest BCUT2D eigenvalue weighted by Crippen LogP contribution is 2.39. The molecule has 24 nitrogen and oxygen atoms in total. The maximum absolute atomic E-state index is 15.8.